The maximum Gasteiger partial charge on any atom is 0.361 e. The van der Waals surface area contributed by atoms with Crippen molar-refractivity contribution >= 4 is 11.7 Å². The van der Waals surface area contributed by atoms with Crippen LogP contribution in [0.2, 0.25) is 0 Å². The van der Waals surface area contributed by atoms with Gasteiger partial charge in [0.05, 0.1) is 30.3 Å². The van der Waals surface area contributed by atoms with Gasteiger partial charge in [-0.3, -0.25) is 10.1 Å². The van der Waals surface area contributed by atoms with E-state index in [0.717, 1.165) is 6.07 Å². The van der Waals surface area contributed by atoms with Crippen LogP contribution in [0.5, 0.6) is 11.5 Å². The average Bonchev–Trinajstić information content (AvgIpc) is 2.96. The first-order valence-electron chi connectivity index (χ1n) is 6.13. The van der Waals surface area contributed by atoms with Crippen molar-refractivity contribution in [3.63, 3.8) is 0 Å². The Morgan fingerprint density at radius 3 is 2.77 bits per heavy atom. The number of phenolic OH excluding ortho intramolecular Hbond substituents is 1. The van der Waals surface area contributed by atoms with Gasteiger partial charge in [0.1, 0.15) is 11.4 Å². The van der Waals surface area contributed by atoms with E-state index in [-0.39, 0.29) is 29.3 Å². The van der Waals surface area contributed by atoms with Crippen molar-refractivity contribution in [2.75, 3.05) is 13.7 Å². The van der Waals surface area contributed by atoms with E-state index in [2.05, 4.69) is 15.4 Å². The van der Waals surface area contributed by atoms with Crippen LogP contribution in [0.1, 0.15) is 17.4 Å². The molecule has 2 aromatic rings. The molecule has 22 heavy (non-hydrogen) atoms. The number of ether oxygens (including phenoxy) is 2. The first-order chi connectivity index (χ1) is 10.5. The normalized spacial score (nSPS) is 10.3. The number of rotatable bonds is 5. The zero-order valence-electron chi connectivity index (χ0n) is 11.7. The Hall–Kier alpha value is -3.17. The van der Waals surface area contributed by atoms with Gasteiger partial charge in [0, 0.05) is 0 Å². The molecule has 0 saturated carbocycles. The van der Waals surface area contributed by atoms with Gasteiger partial charge in [-0.1, -0.05) is 0 Å². The SMILES string of the molecule is CCOC(=O)c1n[nH]nc1-c1cc(OC)cc([N+](=O)[O-])c1O. The number of carbonyl (C=O) groups is 1. The van der Waals surface area contributed by atoms with E-state index in [1.165, 1.54) is 13.2 Å². The van der Waals surface area contributed by atoms with E-state index in [1.54, 1.807) is 6.92 Å². The molecule has 0 saturated heterocycles. The van der Waals surface area contributed by atoms with Crippen LogP contribution in [0.25, 0.3) is 11.3 Å². The minimum absolute atomic E-state index is 0.0668. The van der Waals surface area contributed by atoms with Crippen LogP contribution >= 0.6 is 0 Å². The van der Waals surface area contributed by atoms with Crippen LogP contribution in [-0.4, -0.2) is 45.1 Å². The van der Waals surface area contributed by atoms with Crippen LogP contribution < -0.4 is 4.74 Å². The van der Waals surface area contributed by atoms with Gasteiger partial charge < -0.3 is 14.6 Å². The Labute approximate surface area is 123 Å². The molecule has 0 aliphatic heterocycles. The number of nitro benzene ring substituents is 1. The molecule has 0 bridgehead atoms. The van der Waals surface area contributed by atoms with Crippen molar-refractivity contribution in [1.82, 2.24) is 15.4 Å². The van der Waals surface area contributed by atoms with Crippen molar-refractivity contribution in [1.29, 1.82) is 0 Å². The maximum absolute atomic E-state index is 11.8. The highest BCUT2D eigenvalue weighted by Crippen LogP contribution is 2.40. The molecular formula is C12H12N4O6. The molecule has 2 rings (SSSR count). The minimum Gasteiger partial charge on any atom is -0.502 e. The van der Waals surface area contributed by atoms with Gasteiger partial charge in [-0.2, -0.15) is 10.3 Å². The number of benzene rings is 1. The third kappa shape index (κ3) is 2.66. The summed E-state index contributed by atoms with van der Waals surface area (Å²) in [6, 6.07) is 2.37. The molecule has 0 unspecified atom stereocenters. The monoisotopic (exact) mass is 308 g/mol. The lowest BCUT2D eigenvalue weighted by Crippen LogP contribution is -2.07. The van der Waals surface area contributed by atoms with Crippen LogP contribution in [0.15, 0.2) is 12.1 Å². The van der Waals surface area contributed by atoms with Crippen LogP contribution in [-0.2, 0) is 4.74 Å². The predicted molar refractivity (Wildman–Crippen MR) is 72.6 cm³/mol. The number of aromatic amines is 1. The molecule has 1 aromatic heterocycles. The van der Waals surface area contributed by atoms with Crippen LogP contribution in [0.4, 0.5) is 5.69 Å². The largest absolute Gasteiger partial charge is 0.502 e. The summed E-state index contributed by atoms with van der Waals surface area (Å²) < 4.78 is 9.77. The highest BCUT2D eigenvalue weighted by molar-refractivity contribution is 5.95. The molecule has 0 fully saturated rings. The Morgan fingerprint density at radius 1 is 1.45 bits per heavy atom. The van der Waals surface area contributed by atoms with Crippen LogP contribution in [0.3, 0.4) is 0 Å². The molecule has 2 N–H and O–H groups in total. The van der Waals surface area contributed by atoms with Gasteiger partial charge in [0.25, 0.3) is 0 Å². The molecule has 1 heterocycles. The predicted octanol–water partition coefficient (Wildman–Crippen LogP) is 1.27. The standard InChI is InChI=1S/C12H12N4O6/c1-3-22-12(18)10-9(13-15-14-10)7-4-6(21-2)5-8(11(7)17)16(19)20/h4-5,17H,3H2,1-2H3,(H,13,14,15). The summed E-state index contributed by atoms with van der Waals surface area (Å²) in [4.78, 5) is 22.0. The number of carbonyl (C=O) groups excluding carboxylic acids is 1. The van der Waals surface area contributed by atoms with E-state index in [4.69, 9.17) is 9.47 Å². The highest BCUT2D eigenvalue weighted by atomic mass is 16.6. The Kier molecular flexibility index (Phi) is 4.20. The number of methoxy groups -OCH3 is 1. The molecule has 10 nitrogen and oxygen atoms in total. The topological polar surface area (TPSA) is 140 Å². The van der Waals surface area contributed by atoms with Gasteiger partial charge in [-0.25, -0.2) is 4.79 Å². The summed E-state index contributed by atoms with van der Waals surface area (Å²) in [6.45, 7) is 1.74. The Balaban J connectivity index is 2.63. The maximum atomic E-state index is 11.8. The molecule has 0 atom stereocenters. The number of nitrogens with one attached hydrogen (secondary N) is 1. The first-order valence-corrected chi connectivity index (χ1v) is 6.13. The summed E-state index contributed by atoms with van der Waals surface area (Å²) >= 11 is 0. The number of nitrogens with zero attached hydrogens (tertiary/aromatic N) is 3. The number of aromatic nitrogens is 3. The van der Waals surface area contributed by atoms with E-state index in [9.17, 15) is 20.0 Å². The van der Waals surface area contributed by atoms with Crippen molar-refractivity contribution in [3.8, 4) is 22.8 Å². The zero-order valence-corrected chi connectivity index (χ0v) is 11.7. The number of H-pyrrole nitrogens is 1. The van der Waals surface area contributed by atoms with Gasteiger partial charge in [-0.15, -0.1) is 5.10 Å². The van der Waals surface area contributed by atoms with Gasteiger partial charge >= 0.3 is 11.7 Å². The smallest absolute Gasteiger partial charge is 0.361 e. The molecule has 0 spiro atoms. The molecule has 116 valence electrons. The zero-order chi connectivity index (χ0) is 16.3. The Bertz CT molecular complexity index is 726. The minimum atomic E-state index is -0.772. The van der Waals surface area contributed by atoms with E-state index in [0.29, 0.717) is 0 Å². The quantitative estimate of drug-likeness (QED) is 0.478. The van der Waals surface area contributed by atoms with E-state index in [1.807, 2.05) is 0 Å². The van der Waals surface area contributed by atoms with Crippen molar-refractivity contribution in [3.05, 3.63) is 27.9 Å². The number of esters is 1. The third-order valence-electron chi connectivity index (χ3n) is 2.77. The van der Waals surface area contributed by atoms with Crippen molar-refractivity contribution < 1.29 is 24.3 Å². The molecule has 0 aliphatic carbocycles. The van der Waals surface area contributed by atoms with Crippen LogP contribution in [0, 0.1) is 10.1 Å². The van der Waals surface area contributed by atoms with Gasteiger partial charge in [0.2, 0.25) is 5.75 Å². The Morgan fingerprint density at radius 2 is 2.18 bits per heavy atom. The summed E-state index contributed by atoms with van der Waals surface area (Å²) in [6.07, 6.45) is 0. The molecule has 1 aromatic carbocycles. The fourth-order valence-corrected chi connectivity index (χ4v) is 1.79. The number of nitro groups is 1. The lowest BCUT2D eigenvalue weighted by atomic mass is 10.1. The van der Waals surface area contributed by atoms with E-state index < -0.39 is 22.3 Å². The third-order valence-corrected chi connectivity index (χ3v) is 2.77. The molecule has 10 heteroatoms. The van der Waals surface area contributed by atoms with Crippen molar-refractivity contribution in [2.45, 2.75) is 6.92 Å². The molecule has 0 aliphatic rings. The summed E-state index contributed by atoms with van der Waals surface area (Å²) in [5.41, 5.74) is -0.910. The van der Waals surface area contributed by atoms with E-state index >= 15 is 0 Å². The number of hydrogen-bond acceptors (Lipinski definition) is 8. The van der Waals surface area contributed by atoms with Crippen molar-refractivity contribution in [2.24, 2.45) is 0 Å². The molecule has 0 amide bonds. The number of hydrogen-bond donors (Lipinski definition) is 2. The lowest BCUT2D eigenvalue weighted by molar-refractivity contribution is -0.385. The first kappa shape index (κ1) is 15.2. The fourth-order valence-electron chi connectivity index (χ4n) is 1.79. The molecule has 0 radical (unpaired) electrons. The summed E-state index contributed by atoms with van der Waals surface area (Å²) in [5, 5.41) is 30.7. The number of aromatic hydroxyl groups is 1. The number of phenols is 1. The van der Waals surface area contributed by atoms with Gasteiger partial charge in [-0.05, 0) is 13.0 Å². The summed E-state index contributed by atoms with van der Waals surface area (Å²) in [5.74, 6) is -1.29. The second kappa shape index (κ2) is 6.08. The average molecular weight is 308 g/mol. The molecular weight excluding hydrogens is 296 g/mol. The lowest BCUT2D eigenvalue weighted by Gasteiger charge is -2.07. The fraction of sp³-hybridized carbons (Fsp3) is 0.250. The second-order valence-electron chi connectivity index (χ2n) is 4.04. The highest BCUT2D eigenvalue weighted by Gasteiger charge is 2.27. The van der Waals surface area contributed by atoms with Gasteiger partial charge in [0.15, 0.2) is 5.69 Å². The second-order valence-corrected chi connectivity index (χ2v) is 4.04. The summed E-state index contributed by atoms with van der Waals surface area (Å²) in [7, 11) is 1.31.